The maximum atomic E-state index is 12.4. The summed E-state index contributed by atoms with van der Waals surface area (Å²) < 4.78 is 7.37. The van der Waals surface area contributed by atoms with Crippen molar-refractivity contribution >= 4 is 30.7 Å². The van der Waals surface area contributed by atoms with Gasteiger partial charge in [0.2, 0.25) is 5.91 Å². The van der Waals surface area contributed by atoms with Gasteiger partial charge in [0.25, 0.3) is 0 Å². The molecule has 0 aliphatic rings. The molecule has 0 bridgehead atoms. The third-order valence-corrected chi connectivity index (χ3v) is 4.05. The average Bonchev–Trinajstić information content (AvgIpc) is 3.03. The van der Waals surface area contributed by atoms with Gasteiger partial charge in [-0.2, -0.15) is 5.10 Å². The van der Waals surface area contributed by atoms with Crippen LogP contribution in [0.25, 0.3) is 0 Å². The molecular weight excluding hydrogens is 401 g/mol. The first-order chi connectivity index (χ1) is 12.5. The number of aryl methyl sites for hydroxylation is 1. The summed E-state index contributed by atoms with van der Waals surface area (Å²) >= 11 is 0. The lowest BCUT2D eigenvalue weighted by Gasteiger charge is -2.14. The number of hydrogen-bond acceptors (Lipinski definition) is 5. The Kier molecular flexibility index (Phi) is 12.5. The van der Waals surface area contributed by atoms with Crippen LogP contribution in [-0.2, 0) is 18.3 Å². The molecule has 1 atom stereocenters. The number of likely N-dealkylation sites (N-methyl/N-ethyl adjacent to an activating group) is 2. The molecule has 0 radical (unpaired) electrons. The average molecular weight is 432 g/mol. The molecule has 1 amide bonds. The first-order valence-electron chi connectivity index (χ1n) is 8.79. The Balaban J connectivity index is 0.00000364. The Morgan fingerprint density at radius 2 is 1.93 bits per heavy atom. The fraction of sp³-hybridized carbons (Fsp3) is 0.474. The number of hydrogen-bond donors (Lipinski definition) is 2. The Hall–Kier alpha value is -1.80. The second-order valence-corrected chi connectivity index (χ2v) is 6.51. The summed E-state index contributed by atoms with van der Waals surface area (Å²) in [7, 11) is 7.65. The van der Waals surface area contributed by atoms with Crippen LogP contribution in [0, 0.1) is 0 Å². The maximum Gasteiger partial charge on any atom is 0.241 e. The van der Waals surface area contributed by atoms with Crippen molar-refractivity contribution < 1.29 is 9.53 Å². The van der Waals surface area contributed by atoms with Gasteiger partial charge in [0.15, 0.2) is 0 Å². The largest absolute Gasteiger partial charge is 0.492 e. The first kappa shape index (κ1) is 26.2. The molecule has 0 aliphatic heterocycles. The molecule has 9 heteroatoms. The second-order valence-electron chi connectivity index (χ2n) is 6.51. The number of benzene rings is 1. The Bertz CT molecular complexity index is 692. The summed E-state index contributed by atoms with van der Waals surface area (Å²) in [6, 6.07) is 7.62. The predicted octanol–water partition coefficient (Wildman–Crippen LogP) is 1.82. The van der Waals surface area contributed by atoms with Crippen LogP contribution in [0.15, 0.2) is 36.7 Å². The van der Waals surface area contributed by atoms with Gasteiger partial charge >= 0.3 is 0 Å². The fourth-order valence-electron chi connectivity index (χ4n) is 2.57. The number of aromatic nitrogens is 2. The Labute approximate surface area is 179 Å². The number of ether oxygens (including phenoxy) is 1. The number of nitrogens with one attached hydrogen (secondary N) is 2. The zero-order chi connectivity index (χ0) is 18.9. The zero-order valence-corrected chi connectivity index (χ0v) is 18.5. The molecule has 1 aromatic carbocycles. The van der Waals surface area contributed by atoms with Gasteiger partial charge in [-0.25, -0.2) is 0 Å². The fourth-order valence-corrected chi connectivity index (χ4v) is 2.57. The maximum absolute atomic E-state index is 12.4. The van der Waals surface area contributed by atoms with Crippen molar-refractivity contribution in [2.45, 2.75) is 12.5 Å². The summed E-state index contributed by atoms with van der Waals surface area (Å²) in [5.74, 6) is 0.815. The molecule has 2 aromatic rings. The molecule has 0 spiro atoms. The van der Waals surface area contributed by atoms with Crippen molar-refractivity contribution in [3.05, 3.63) is 47.8 Å². The highest BCUT2D eigenvalue weighted by Crippen LogP contribution is 2.13. The van der Waals surface area contributed by atoms with E-state index in [9.17, 15) is 4.79 Å². The van der Waals surface area contributed by atoms with Crippen molar-refractivity contribution in [3.63, 3.8) is 0 Å². The van der Waals surface area contributed by atoms with Crippen LogP contribution in [0.4, 0.5) is 0 Å². The molecule has 1 aromatic heterocycles. The van der Waals surface area contributed by atoms with E-state index in [4.69, 9.17) is 4.74 Å². The number of rotatable bonds is 10. The topological polar surface area (TPSA) is 71.4 Å². The highest BCUT2D eigenvalue weighted by atomic mass is 35.5. The van der Waals surface area contributed by atoms with Crippen LogP contribution in [0.3, 0.4) is 0 Å². The molecule has 1 unspecified atom stereocenters. The third kappa shape index (κ3) is 8.48. The van der Waals surface area contributed by atoms with Crippen molar-refractivity contribution in [1.29, 1.82) is 0 Å². The van der Waals surface area contributed by atoms with Gasteiger partial charge in [0, 0.05) is 31.9 Å². The zero-order valence-electron chi connectivity index (χ0n) is 16.8. The smallest absolute Gasteiger partial charge is 0.241 e. The minimum Gasteiger partial charge on any atom is -0.492 e. The normalized spacial score (nSPS) is 11.3. The van der Waals surface area contributed by atoms with Gasteiger partial charge in [-0.3, -0.25) is 9.48 Å². The van der Waals surface area contributed by atoms with Crippen LogP contribution in [-0.4, -0.2) is 61.4 Å². The standard InChI is InChI=1S/C19H29N5O2.2ClH/c1-20-18(16-13-22-24(4)14-16)19(25)21-10-9-15-5-7-17(8-6-15)26-12-11-23(2)3;;/h5-8,13-14,18,20H,9-12H2,1-4H3,(H,21,25);2*1H. The summed E-state index contributed by atoms with van der Waals surface area (Å²) in [4.78, 5) is 14.5. The molecule has 2 rings (SSSR count). The summed E-state index contributed by atoms with van der Waals surface area (Å²) in [6.07, 6.45) is 4.32. The van der Waals surface area contributed by atoms with Crippen molar-refractivity contribution in [2.75, 3.05) is 40.8 Å². The Morgan fingerprint density at radius 3 is 2.46 bits per heavy atom. The molecule has 0 aliphatic carbocycles. The molecule has 0 saturated heterocycles. The van der Waals surface area contributed by atoms with Crippen LogP contribution in [0.2, 0.25) is 0 Å². The van der Waals surface area contributed by atoms with Gasteiger partial charge in [-0.15, -0.1) is 24.8 Å². The molecule has 7 nitrogen and oxygen atoms in total. The number of carbonyl (C=O) groups is 1. The van der Waals surface area contributed by atoms with Crippen LogP contribution in [0.1, 0.15) is 17.2 Å². The number of halogens is 2. The molecule has 2 N–H and O–H groups in total. The number of nitrogens with zero attached hydrogens (tertiary/aromatic N) is 3. The van der Waals surface area contributed by atoms with Gasteiger partial charge in [0.1, 0.15) is 18.4 Å². The van der Waals surface area contributed by atoms with Crippen LogP contribution in [0.5, 0.6) is 5.75 Å². The number of amides is 1. The first-order valence-corrected chi connectivity index (χ1v) is 8.79. The quantitative estimate of drug-likeness (QED) is 0.600. The highest BCUT2D eigenvalue weighted by molar-refractivity contribution is 5.85. The van der Waals surface area contributed by atoms with E-state index in [1.165, 1.54) is 0 Å². The monoisotopic (exact) mass is 431 g/mol. The molecule has 158 valence electrons. The third-order valence-electron chi connectivity index (χ3n) is 4.05. The minimum atomic E-state index is -0.392. The second kappa shape index (κ2) is 13.4. The minimum absolute atomic E-state index is 0. The van der Waals surface area contributed by atoms with Gasteiger partial charge in [-0.05, 0) is 45.3 Å². The number of carbonyl (C=O) groups excluding carboxylic acids is 1. The van der Waals surface area contributed by atoms with Crippen molar-refractivity contribution in [1.82, 2.24) is 25.3 Å². The Morgan fingerprint density at radius 1 is 1.25 bits per heavy atom. The highest BCUT2D eigenvalue weighted by Gasteiger charge is 2.19. The lowest BCUT2D eigenvalue weighted by atomic mass is 10.1. The van der Waals surface area contributed by atoms with Crippen molar-refractivity contribution in [3.8, 4) is 5.75 Å². The molecule has 1 heterocycles. The predicted molar refractivity (Wildman–Crippen MR) is 117 cm³/mol. The van der Waals surface area contributed by atoms with E-state index in [2.05, 4.69) is 20.6 Å². The summed E-state index contributed by atoms with van der Waals surface area (Å²) in [6.45, 7) is 2.14. The van der Waals surface area contributed by atoms with E-state index in [0.29, 0.717) is 13.2 Å². The van der Waals surface area contributed by atoms with E-state index in [0.717, 1.165) is 29.8 Å². The van der Waals surface area contributed by atoms with E-state index < -0.39 is 6.04 Å². The van der Waals surface area contributed by atoms with E-state index in [-0.39, 0.29) is 30.7 Å². The SMILES string of the molecule is CNC(C(=O)NCCc1ccc(OCCN(C)C)cc1)c1cnn(C)c1.Cl.Cl. The van der Waals surface area contributed by atoms with Gasteiger partial charge in [0.05, 0.1) is 6.20 Å². The van der Waals surface area contributed by atoms with Gasteiger partial charge in [-0.1, -0.05) is 12.1 Å². The van der Waals surface area contributed by atoms with Crippen LogP contribution >= 0.6 is 24.8 Å². The molecule has 0 fully saturated rings. The van der Waals surface area contributed by atoms with E-state index in [1.54, 1.807) is 17.9 Å². The summed E-state index contributed by atoms with van der Waals surface area (Å²) in [5.41, 5.74) is 2.01. The molecular formula is C19H31Cl2N5O2. The lowest BCUT2D eigenvalue weighted by Crippen LogP contribution is -2.36. The lowest BCUT2D eigenvalue weighted by molar-refractivity contribution is -0.123. The van der Waals surface area contributed by atoms with Gasteiger partial charge < -0.3 is 20.3 Å². The van der Waals surface area contributed by atoms with E-state index >= 15 is 0 Å². The molecule has 28 heavy (non-hydrogen) atoms. The summed E-state index contributed by atoms with van der Waals surface area (Å²) in [5, 5.41) is 10.1. The van der Waals surface area contributed by atoms with E-state index in [1.807, 2.05) is 51.6 Å². The van der Waals surface area contributed by atoms with Crippen molar-refractivity contribution in [2.24, 2.45) is 7.05 Å². The molecule has 0 saturated carbocycles. The van der Waals surface area contributed by atoms with Crippen LogP contribution < -0.4 is 15.4 Å².